The molecule has 0 aliphatic carbocycles. The Morgan fingerprint density at radius 1 is 1.06 bits per heavy atom. The third-order valence-electron chi connectivity index (χ3n) is 4.86. The van der Waals surface area contributed by atoms with Gasteiger partial charge in [-0.25, -0.2) is 0 Å². The highest BCUT2D eigenvalue weighted by Gasteiger charge is 2.35. The summed E-state index contributed by atoms with van der Waals surface area (Å²) in [6.45, 7) is 13.0. The number of unbranched alkanes of at least 4 members (excludes halogenated alkanes) is 3. The molecule has 0 radical (unpaired) electrons. The molecule has 0 spiro atoms. The monoisotopic (exact) mass is 254 g/mol. The standard InChI is InChI=1S/C16H34N2/c1-5-9-10-11-12-18-14-16(7-3,8-4)17-13-15(18)6-2/h15,17H,5-14H2,1-4H3. The van der Waals surface area contributed by atoms with Crippen LogP contribution < -0.4 is 5.32 Å². The molecule has 1 rings (SSSR count). The van der Waals surface area contributed by atoms with Crippen LogP contribution in [0.15, 0.2) is 0 Å². The molecule has 1 fully saturated rings. The van der Waals surface area contributed by atoms with E-state index in [1.54, 1.807) is 0 Å². The molecule has 1 unspecified atom stereocenters. The molecule has 1 heterocycles. The van der Waals surface area contributed by atoms with E-state index in [-0.39, 0.29) is 0 Å². The zero-order valence-corrected chi connectivity index (χ0v) is 13.1. The van der Waals surface area contributed by atoms with Crippen LogP contribution in [0.25, 0.3) is 0 Å². The Labute approximate surface area is 115 Å². The Bertz CT molecular complexity index is 211. The maximum atomic E-state index is 3.82. The Kier molecular flexibility index (Phi) is 7.25. The summed E-state index contributed by atoms with van der Waals surface area (Å²) in [5, 5.41) is 3.82. The highest BCUT2D eigenvalue weighted by atomic mass is 15.2. The third-order valence-corrected chi connectivity index (χ3v) is 4.86. The Morgan fingerprint density at radius 3 is 2.33 bits per heavy atom. The molecule has 1 saturated heterocycles. The van der Waals surface area contributed by atoms with Crippen molar-refractivity contribution in [2.75, 3.05) is 19.6 Å². The number of nitrogens with one attached hydrogen (secondary N) is 1. The molecule has 108 valence electrons. The van der Waals surface area contributed by atoms with Gasteiger partial charge in [0, 0.05) is 24.7 Å². The number of hydrogen-bond donors (Lipinski definition) is 1. The molecule has 1 N–H and O–H groups in total. The SMILES string of the molecule is CCCCCCN1CC(CC)(CC)NCC1CC. The van der Waals surface area contributed by atoms with Crippen molar-refractivity contribution >= 4 is 0 Å². The largest absolute Gasteiger partial charge is 0.308 e. The number of rotatable bonds is 8. The normalized spacial score (nSPS) is 24.3. The van der Waals surface area contributed by atoms with Gasteiger partial charge in [0.2, 0.25) is 0 Å². The Morgan fingerprint density at radius 2 is 1.78 bits per heavy atom. The van der Waals surface area contributed by atoms with Gasteiger partial charge in [-0.3, -0.25) is 4.90 Å². The lowest BCUT2D eigenvalue weighted by Gasteiger charge is -2.47. The second-order valence-electron chi connectivity index (χ2n) is 5.96. The van der Waals surface area contributed by atoms with Crippen LogP contribution in [0.3, 0.4) is 0 Å². The molecule has 2 nitrogen and oxygen atoms in total. The number of piperazine rings is 1. The van der Waals surface area contributed by atoms with Crippen LogP contribution in [-0.2, 0) is 0 Å². The van der Waals surface area contributed by atoms with E-state index in [2.05, 4.69) is 37.9 Å². The predicted octanol–water partition coefficient (Wildman–Crippen LogP) is 3.81. The zero-order chi connectivity index (χ0) is 13.4. The summed E-state index contributed by atoms with van der Waals surface area (Å²) in [6, 6.07) is 0.762. The van der Waals surface area contributed by atoms with Gasteiger partial charge >= 0.3 is 0 Å². The first-order chi connectivity index (χ1) is 8.71. The highest BCUT2D eigenvalue weighted by Crippen LogP contribution is 2.24. The lowest BCUT2D eigenvalue weighted by atomic mass is 9.88. The first kappa shape index (κ1) is 16.0. The summed E-state index contributed by atoms with van der Waals surface area (Å²) in [6.07, 6.45) is 9.32. The van der Waals surface area contributed by atoms with E-state index in [1.165, 1.54) is 64.6 Å². The van der Waals surface area contributed by atoms with Gasteiger partial charge in [-0.1, -0.05) is 47.0 Å². The lowest BCUT2D eigenvalue weighted by Crippen LogP contribution is -2.63. The fraction of sp³-hybridized carbons (Fsp3) is 1.00. The van der Waals surface area contributed by atoms with E-state index in [1.807, 2.05) is 0 Å². The van der Waals surface area contributed by atoms with Gasteiger partial charge in [0.25, 0.3) is 0 Å². The van der Waals surface area contributed by atoms with Gasteiger partial charge in [-0.05, 0) is 32.2 Å². The fourth-order valence-electron chi connectivity index (χ4n) is 3.17. The molecule has 0 amide bonds. The number of nitrogens with zero attached hydrogens (tertiary/aromatic N) is 1. The van der Waals surface area contributed by atoms with Crippen molar-refractivity contribution in [3.8, 4) is 0 Å². The van der Waals surface area contributed by atoms with Gasteiger partial charge in [0.15, 0.2) is 0 Å². The quantitative estimate of drug-likeness (QED) is 0.663. The van der Waals surface area contributed by atoms with Crippen molar-refractivity contribution < 1.29 is 0 Å². The highest BCUT2D eigenvalue weighted by molar-refractivity contribution is 4.96. The summed E-state index contributed by atoms with van der Waals surface area (Å²) in [7, 11) is 0. The average molecular weight is 254 g/mol. The molecular formula is C16H34N2. The van der Waals surface area contributed by atoms with Gasteiger partial charge in [0.1, 0.15) is 0 Å². The Hall–Kier alpha value is -0.0800. The molecular weight excluding hydrogens is 220 g/mol. The van der Waals surface area contributed by atoms with E-state index < -0.39 is 0 Å². The minimum absolute atomic E-state index is 0.385. The first-order valence-corrected chi connectivity index (χ1v) is 8.20. The fourth-order valence-corrected chi connectivity index (χ4v) is 3.17. The van der Waals surface area contributed by atoms with Crippen LogP contribution in [0, 0.1) is 0 Å². The van der Waals surface area contributed by atoms with Gasteiger partial charge in [-0.15, -0.1) is 0 Å². The second kappa shape index (κ2) is 8.16. The maximum absolute atomic E-state index is 3.82. The van der Waals surface area contributed by atoms with Crippen LogP contribution in [0.5, 0.6) is 0 Å². The summed E-state index contributed by atoms with van der Waals surface area (Å²) < 4.78 is 0. The summed E-state index contributed by atoms with van der Waals surface area (Å²) >= 11 is 0. The van der Waals surface area contributed by atoms with Crippen molar-refractivity contribution in [1.29, 1.82) is 0 Å². The van der Waals surface area contributed by atoms with E-state index in [4.69, 9.17) is 0 Å². The van der Waals surface area contributed by atoms with Crippen molar-refractivity contribution in [1.82, 2.24) is 10.2 Å². The van der Waals surface area contributed by atoms with E-state index in [0.29, 0.717) is 5.54 Å². The molecule has 0 aromatic rings. The van der Waals surface area contributed by atoms with Gasteiger partial charge in [0.05, 0.1) is 0 Å². The smallest absolute Gasteiger partial charge is 0.0304 e. The maximum Gasteiger partial charge on any atom is 0.0304 e. The zero-order valence-electron chi connectivity index (χ0n) is 13.1. The van der Waals surface area contributed by atoms with Crippen LogP contribution in [0.4, 0.5) is 0 Å². The first-order valence-electron chi connectivity index (χ1n) is 8.20. The average Bonchev–Trinajstić information content (AvgIpc) is 2.43. The molecule has 18 heavy (non-hydrogen) atoms. The molecule has 0 aromatic carbocycles. The summed E-state index contributed by atoms with van der Waals surface area (Å²) in [4.78, 5) is 2.76. The van der Waals surface area contributed by atoms with Crippen molar-refractivity contribution in [3.05, 3.63) is 0 Å². The summed E-state index contributed by atoms with van der Waals surface area (Å²) in [5.74, 6) is 0. The minimum atomic E-state index is 0.385. The molecule has 1 aliphatic rings. The van der Waals surface area contributed by atoms with Crippen LogP contribution in [0.2, 0.25) is 0 Å². The molecule has 0 saturated carbocycles. The van der Waals surface area contributed by atoms with E-state index in [0.717, 1.165) is 6.04 Å². The summed E-state index contributed by atoms with van der Waals surface area (Å²) in [5.41, 5.74) is 0.385. The van der Waals surface area contributed by atoms with Crippen LogP contribution in [0.1, 0.15) is 72.6 Å². The second-order valence-corrected chi connectivity index (χ2v) is 5.96. The third kappa shape index (κ3) is 4.24. The molecule has 1 atom stereocenters. The predicted molar refractivity (Wildman–Crippen MR) is 81.1 cm³/mol. The number of hydrogen-bond acceptors (Lipinski definition) is 2. The van der Waals surface area contributed by atoms with Gasteiger partial charge < -0.3 is 5.32 Å². The van der Waals surface area contributed by atoms with Crippen molar-refractivity contribution in [3.63, 3.8) is 0 Å². The minimum Gasteiger partial charge on any atom is -0.308 e. The van der Waals surface area contributed by atoms with Crippen molar-refractivity contribution in [2.45, 2.75) is 84.2 Å². The molecule has 0 bridgehead atoms. The van der Waals surface area contributed by atoms with Crippen molar-refractivity contribution in [2.24, 2.45) is 0 Å². The molecule has 1 aliphatic heterocycles. The van der Waals surface area contributed by atoms with Gasteiger partial charge in [-0.2, -0.15) is 0 Å². The lowest BCUT2D eigenvalue weighted by molar-refractivity contribution is 0.0691. The van der Waals surface area contributed by atoms with Crippen LogP contribution in [-0.4, -0.2) is 36.1 Å². The molecule has 2 heteroatoms. The topological polar surface area (TPSA) is 15.3 Å². The van der Waals surface area contributed by atoms with E-state index in [9.17, 15) is 0 Å². The Balaban J connectivity index is 2.48. The molecule has 0 aromatic heterocycles. The van der Waals surface area contributed by atoms with Crippen LogP contribution >= 0.6 is 0 Å². The van der Waals surface area contributed by atoms with E-state index >= 15 is 0 Å².